The highest BCUT2D eigenvalue weighted by molar-refractivity contribution is 7.89. The fourth-order valence-corrected chi connectivity index (χ4v) is 12.9. The standard InChI is InChI=1S/C49H50N6O13S3/c1-31-16-18-33(19-17-31)70(64,65)55(21-9-3-4-15-43(57)58)49(61)45-34-11-5-7-13-39(34)53(40-14-8-6-12-35(40)45)20-10-26-69(62,63)52-24-22-51(23-25-52)42(56)30-54-47(59)37-28-32(2)27-36-44(37)38(48(54)60)29-41(46(36)50)71(66,67)68/h5-8,11-14,16-19,27-29H,3-4,9-10,15,20-26,30H2,1-2H3,(H3-,50,57,58,59,60,66,67,68). The molecule has 4 amide bonds. The van der Waals surface area contributed by atoms with Gasteiger partial charge in [0, 0.05) is 74.0 Å². The minimum atomic E-state index is -5.14. The predicted octanol–water partition coefficient (Wildman–Crippen LogP) is 4.17. The van der Waals surface area contributed by atoms with Gasteiger partial charge >= 0.3 is 5.97 Å². The average molecular weight is 1030 g/mol. The number of hydrogen-bond acceptors (Lipinski definition) is 13. The van der Waals surface area contributed by atoms with Gasteiger partial charge in [0.2, 0.25) is 27.0 Å². The van der Waals surface area contributed by atoms with Gasteiger partial charge in [0.25, 0.3) is 27.7 Å². The van der Waals surface area contributed by atoms with E-state index < -0.39 is 76.9 Å². The first-order valence-electron chi connectivity index (χ1n) is 22.7. The maximum atomic E-state index is 14.9. The molecule has 0 unspecified atom stereocenters. The van der Waals surface area contributed by atoms with Gasteiger partial charge in [0.1, 0.15) is 16.7 Å². The topological polar surface area (TPSA) is 274 Å². The van der Waals surface area contributed by atoms with Crippen LogP contribution in [0, 0.1) is 13.8 Å². The third kappa shape index (κ3) is 9.94. The van der Waals surface area contributed by atoms with Crippen LogP contribution >= 0.6 is 0 Å². The lowest BCUT2D eigenvalue weighted by molar-refractivity contribution is -0.645. The smallest absolute Gasteiger partial charge is 0.303 e. The van der Waals surface area contributed by atoms with E-state index in [9.17, 15) is 53.8 Å². The molecule has 5 aromatic carbocycles. The van der Waals surface area contributed by atoms with Gasteiger partial charge in [0.15, 0.2) is 6.54 Å². The van der Waals surface area contributed by atoms with Crippen molar-refractivity contribution < 1.29 is 63.5 Å². The van der Waals surface area contributed by atoms with E-state index in [0.717, 1.165) is 15.9 Å². The van der Waals surface area contributed by atoms with Crippen molar-refractivity contribution >= 4 is 98.0 Å². The van der Waals surface area contributed by atoms with Crippen molar-refractivity contribution in [3.63, 3.8) is 0 Å². The van der Waals surface area contributed by atoms with Crippen LogP contribution in [-0.2, 0) is 46.3 Å². The van der Waals surface area contributed by atoms with Gasteiger partial charge in [-0.2, -0.15) is 8.87 Å². The summed E-state index contributed by atoms with van der Waals surface area (Å²) >= 11 is 0. The Morgan fingerprint density at radius 2 is 1.32 bits per heavy atom. The number of aliphatic carboxylic acids is 1. The molecule has 2 aliphatic rings. The van der Waals surface area contributed by atoms with Crippen LogP contribution in [0.1, 0.15) is 74.3 Å². The maximum Gasteiger partial charge on any atom is 0.303 e. The normalized spacial score (nSPS) is 14.7. The van der Waals surface area contributed by atoms with E-state index in [1.165, 1.54) is 33.5 Å². The van der Waals surface area contributed by atoms with Crippen LogP contribution in [-0.4, -0.2) is 128 Å². The third-order valence-corrected chi connectivity index (χ3v) is 17.5. The van der Waals surface area contributed by atoms with Gasteiger partial charge in [0.05, 0.1) is 43.1 Å². The third-order valence-electron chi connectivity index (χ3n) is 12.9. The van der Waals surface area contributed by atoms with Crippen molar-refractivity contribution in [3.8, 4) is 0 Å². The molecule has 372 valence electrons. The number of nitrogens with two attached hydrogens (primary N) is 1. The number of pyridine rings is 1. The van der Waals surface area contributed by atoms with E-state index in [4.69, 9.17) is 10.8 Å². The molecule has 8 rings (SSSR count). The highest BCUT2D eigenvalue weighted by Gasteiger charge is 2.39. The van der Waals surface area contributed by atoms with Crippen molar-refractivity contribution in [1.82, 2.24) is 18.4 Å². The number of carbonyl (C=O) groups excluding carboxylic acids is 4. The number of sulfonamides is 2. The lowest BCUT2D eigenvalue weighted by Gasteiger charge is -2.35. The summed E-state index contributed by atoms with van der Waals surface area (Å²) in [5, 5.41) is 10.1. The van der Waals surface area contributed by atoms with E-state index >= 15 is 0 Å². The molecule has 1 aromatic heterocycles. The molecule has 6 aromatic rings. The minimum Gasteiger partial charge on any atom is -0.744 e. The van der Waals surface area contributed by atoms with Crippen LogP contribution < -0.4 is 10.3 Å². The van der Waals surface area contributed by atoms with Crippen molar-refractivity contribution in [2.45, 2.75) is 62.3 Å². The summed E-state index contributed by atoms with van der Waals surface area (Å²) in [5.41, 5.74) is 7.90. The molecule has 0 radical (unpaired) electrons. The number of nitrogens with zero attached hydrogens (tertiary/aromatic N) is 5. The Morgan fingerprint density at radius 3 is 1.92 bits per heavy atom. The van der Waals surface area contributed by atoms with Crippen LogP contribution in [0.25, 0.3) is 32.6 Å². The number of benzene rings is 5. The van der Waals surface area contributed by atoms with Crippen LogP contribution in [0.4, 0.5) is 5.69 Å². The molecule has 2 aliphatic heterocycles. The molecule has 0 atom stereocenters. The maximum absolute atomic E-state index is 14.9. The van der Waals surface area contributed by atoms with Gasteiger partial charge in [-0.05, 0) is 74.7 Å². The summed E-state index contributed by atoms with van der Waals surface area (Å²) in [4.78, 5) is 68.2. The number of para-hydroxylation sites is 2. The first-order chi connectivity index (χ1) is 33.6. The van der Waals surface area contributed by atoms with Gasteiger partial charge in [-0.15, -0.1) is 0 Å². The number of imide groups is 1. The Balaban J connectivity index is 0.974. The van der Waals surface area contributed by atoms with Crippen LogP contribution in [0.5, 0.6) is 0 Å². The minimum absolute atomic E-state index is 0.00210. The lowest BCUT2D eigenvalue weighted by atomic mass is 9.91. The lowest BCUT2D eigenvalue weighted by Crippen LogP contribution is -2.54. The molecule has 0 aliphatic carbocycles. The Bertz CT molecular complexity index is 3490. The zero-order valence-electron chi connectivity index (χ0n) is 38.7. The summed E-state index contributed by atoms with van der Waals surface area (Å²) in [6, 6.07) is 23.8. The van der Waals surface area contributed by atoms with E-state index in [0.29, 0.717) is 45.1 Å². The van der Waals surface area contributed by atoms with Crippen LogP contribution in [0.3, 0.4) is 0 Å². The number of carboxylic acid groups (broad SMARTS) is 1. The predicted molar refractivity (Wildman–Crippen MR) is 260 cm³/mol. The number of fused-ring (bicyclic) bond motifs is 2. The van der Waals surface area contributed by atoms with Gasteiger partial charge in [-0.3, -0.25) is 28.9 Å². The van der Waals surface area contributed by atoms with E-state index in [-0.39, 0.29) is 96.6 Å². The summed E-state index contributed by atoms with van der Waals surface area (Å²) in [6.07, 6.45) is 0.904. The molecule has 71 heavy (non-hydrogen) atoms. The number of aromatic nitrogens is 1. The molecule has 3 heterocycles. The van der Waals surface area contributed by atoms with Crippen LogP contribution in [0.15, 0.2) is 101 Å². The Kier molecular flexibility index (Phi) is 14.1. The first-order valence-corrected chi connectivity index (χ1v) is 27.2. The Hall–Kier alpha value is -6.85. The molecule has 19 nitrogen and oxygen atoms in total. The highest BCUT2D eigenvalue weighted by atomic mass is 32.2. The number of nitrogen functional groups attached to an aromatic ring is 1. The Labute approximate surface area is 409 Å². The second-order valence-corrected chi connectivity index (χ2v) is 22.9. The molecular formula is C49H50N6O13S3. The Morgan fingerprint density at radius 1 is 0.732 bits per heavy atom. The fraction of sp³-hybridized carbons (Fsp3) is 0.306. The molecule has 22 heteroatoms. The van der Waals surface area contributed by atoms with Gasteiger partial charge < -0.3 is 20.3 Å². The molecule has 0 bridgehead atoms. The number of amides is 4. The second kappa shape index (κ2) is 19.7. The van der Waals surface area contributed by atoms with Gasteiger partial charge in [-0.1, -0.05) is 48.4 Å². The summed E-state index contributed by atoms with van der Waals surface area (Å²) in [6.45, 7) is 2.37. The quantitative estimate of drug-likeness (QED) is 0.0324. The molecule has 0 spiro atoms. The highest BCUT2D eigenvalue weighted by Crippen LogP contribution is 2.38. The van der Waals surface area contributed by atoms with E-state index in [1.807, 2.05) is 11.5 Å². The number of carbonyl (C=O) groups is 5. The number of rotatable bonds is 17. The fourth-order valence-electron chi connectivity index (χ4n) is 9.35. The van der Waals surface area contributed by atoms with Gasteiger partial charge in [-0.25, -0.2) is 29.6 Å². The van der Waals surface area contributed by atoms with Crippen molar-refractivity contribution in [3.05, 3.63) is 119 Å². The second-order valence-electron chi connectivity index (χ2n) is 17.6. The molecule has 1 fully saturated rings. The molecule has 0 saturated carbocycles. The summed E-state index contributed by atoms with van der Waals surface area (Å²) < 4.78 is 96.6. The van der Waals surface area contributed by atoms with E-state index in [1.54, 1.807) is 67.6 Å². The molecule has 3 N–H and O–H groups in total. The monoisotopic (exact) mass is 1030 g/mol. The number of unbranched alkanes of at least 4 members (excludes halogenated alkanes) is 2. The summed E-state index contributed by atoms with van der Waals surface area (Å²) in [5.74, 6) is -4.52. The number of aryl methyl sites for hydroxylation is 3. The number of hydrogen-bond donors (Lipinski definition) is 2. The molecule has 1 saturated heterocycles. The molecular weight excluding hydrogens is 977 g/mol. The van der Waals surface area contributed by atoms with E-state index in [2.05, 4.69) is 0 Å². The van der Waals surface area contributed by atoms with Crippen molar-refractivity contribution in [2.75, 3.05) is 50.8 Å². The zero-order chi connectivity index (χ0) is 51.2. The number of anilines is 1. The largest absolute Gasteiger partial charge is 0.744 e. The number of piperazine rings is 1. The number of carboxylic acids is 1. The zero-order valence-corrected chi connectivity index (χ0v) is 41.2. The SMILES string of the molecule is Cc1ccc(S(=O)(=O)N(CCCCCC(=O)O)C(=O)c2c3ccccc3[n+](CCCS(=O)(=O)N3CCN(C(=O)CN4C(=O)c5cc(C)cc6c(N)c(S(=O)(=O)[O-])cc(c56)C4=O)CC3)c3ccccc23)cc1. The summed E-state index contributed by atoms with van der Waals surface area (Å²) in [7, 11) is -13.4. The van der Waals surface area contributed by atoms with Crippen LogP contribution in [0.2, 0.25) is 0 Å². The van der Waals surface area contributed by atoms with Crippen molar-refractivity contribution in [1.29, 1.82) is 0 Å². The first kappa shape index (κ1) is 50.5. The van der Waals surface area contributed by atoms with Crippen molar-refractivity contribution in [2.24, 2.45) is 0 Å². The average Bonchev–Trinajstić information content (AvgIpc) is 3.32.